The maximum Gasteiger partial charge on any atom is 0.270 e. The molecule has 0 saturated heterocycles. The lowest BCUT2D eigenvalue weighted by Crippen LogP contribution is -2.31. The van der Waals surface area contributed by atoms with E-state index in [2.05, 4.69) is 29.6 Å². The van der Waals surface area contributed by atoms with Crippen molar-refractivity contribution >= 4 is 17.2 Å². The third-order valence-electron chi connectivity index (χ3n) is 5.75. The van der Waals surface area contributed by atoms with E-state index in [-0.39, 0.29) is 11.9 Å². The molecule has 1 unspecified atom stereocenters. The average Bonchev–Trinajstić information content (AvgIpc) is 3.55. The van der Waals surface area contributed by atoms with Crippen LogP contribution < -0.4 is 5.32 Å². The number of hydrogen-bond acceptors (Lipinski definition) is 3. The Morgan fingerprint density at radius 1 is 0.912 bits per heavy atom. The molecule has 2 aromatic heterocycles. The lowest BCUT2D eigenvalue weighted by Gasteiger charge is -2.20. The average molecular weight is 464 g/mol. The van der Waals surface area contributed by atoms with Gasteiger partial charge in [0.25, 0.3) is 5.91 Å². The molecule has 0 saturated carbocycles. The smallest absolute Gasteiger partial charge is 0.270 e. The third-order valence-corrected chi connectivity index (χ3v) is 6.64. The number of aromatic nitrogens is 2. The van der Waals surface area contributed by atoms with E-state index < -0.39 is 0 Å². The summed E-state index contributed by atoms with van der Waals surface area (Å²) in [7, 11) is 0. The Bertz CT molecular complexity index is 1380. The topological polar surface area (TPSA) is 46.9 Å². The first-order valence-corrected chi connectivity index (χ1v) is 12.2. The third kappa shape index (κ3) is 4.85. The summed E-state index contributed by atoms with van der Waals surface area (Å²) in [6, 6.07) is 34.2. The van der Waals surface area contributed by atoms with Gasteiger partial charge in [-0.1, -0.05) is 78.9 Å². The Morgan fingerprint density at radius 2 is 1.68 bits per heavy atom. The minimum atomic E-state index is -0.165. The van der Waals surface area contributed by atoms with Gasteiger partial charge in [0.15, 0.2) is 0 Å². The Kier molecular flexibility index (Phi) is 6.36. The monoisotopic (exact) mass is 463 g/mol. The minimum Gasteiger partial charge on any atom is -0.344 e. The van der Waals surface area contributed by atoms with Crippen LogP contribution in [0.2, 0.25) is 0 Å². The van der Waals surface area contributed by atoms with E-state index in [1.54, 1.807) is 16.0 Å². The van der Waals surface area contributed by atoms with Gasteiger partial charge in [0.2, 0.25) is 0 Å². The van der Waals surface area contributed by atoms with Crippen LogP contribution in [-0.4, -0.2) is 15.7 Å². The van der Waals surface area contributed by atoms with Gasteiger partial charge in [-0.05, 0) is 59.7 Å². The van der Waals surface area contributed by atoms with Gasteiger partial charge in [-0.15, -0.1) is 11.3 Å². The zero-order chi connectivity index (χ0) is 23.3. The molecule has 0 spiro atoms. The van der Waals surface area contributed by atoms with Crippen molar-refractivity contribution in [3.8, 4) is 16.3 Å². The SMILES string of the molecule is Cc1cccc(-n2nc(-c3cccs3)cc2C(=O)NC(Cc2ccccc2)c2ccccc2)c1. The molecule has 5 aromatic rings. The number of hydrogen-bond donors (Lipinski definition) is 1. The number of nitrogens with zero attached hydrogens (tertiary/aromatic N) is 2. The first-order valence-electron chi connectivity index (χ1n) is 11.3. The summed E-state index contributed by atoms with van der Waals surface area (Å²) in [5.74, 6) is -0.151. The highest BCUT2D eigenvalue weighted by Gasteiger charge is 2.22. The highest BCUT2D eigenvalue weighted by Crippen LogP contribution is 2.27. The van der Waals surface area contributed by atoms with Crippen LogP contribution in [0.5, 0.6) is 0 Å². The van der Waals surface area contributed by atoms with Gasteiger partial charge in [0.05, 0.1) is 16.6 Å². The molecule has 1 amide bonds. The number of thiophene rings is 1. The molecular formula is C29H25N3OS. The first kappa shape index (κ1) is 21.9. The van der Waals surface area contributed by atoms with Gasteiger partial charge in [-0.3, -0.25) is 4.79 Å². The van der Waals surface area contributed by atoms with Gasteiger partial charge >= 0.3 is 0 Å². The van der Waals surface area contributed by atoms with Gasteiger partial charge in [0, 0.05) is 0 Å². The number of benzene rings is 3. The number of carbonyl (C=O) groups is 1. The van der Waals surface area contributed by atoms with Crippen LogP contribution in [0, 0.1) is 6.92 Å². The summed E-state index contributed by atoms with van der Waals surface area (Å²) in [5, 5.41) is 10.1. The van der Waals surface area contributed by atoms with Crippen molar-refractivity contribution < 1.29 is 4.79 Å². The quantitative estimate of drug-likeness (QED) is 0.295. The van der Waals surface area contributed by atoms with Crippen LogP contribution in [0.3, 0.4) is 0 Å². The van der Waals surface area contributed by atoms with E-state index in [0.717, 1.165) is 27.4 Å². The molecule has 1 atom stereocenters. The Hall–Kier alpha value is -3.96. The van der Waals surface area contributed by atoms with Gasteiger partial charge in [-0.2, -0.15) is 5.10 Å². The second-order valence-electron chi connectivity index (χ2n) is 8.27. The van der Waals surface area contributed by atoms with E-state index in [4.69, 9.17) is 5.10 Å². The number of nitrogens with one attached hydrogen (secondary N) is 1. The number of rotatable bonds is 7. The summed E-state index contributed by atoms with van der Waals surface area (Å²) in [4.78, 5) is 14.7. The van der Waals surface area contributed by atoms with E-state index in [0.29, 0.717) is 12.1 Å². The largest absolute Gasteiger partial charge is 0.344 e. The number of amides is 1. The van der Waals surface area contributed by atoms with E-state index >= 15 is 0 Å². The maximum absolute atomic E-state index is 13.7. The van der Waals surface area contributed by atoms with Crippen LogP contribution in [-0.2, 0) is 6.42 Å². The highest BCUT2D eigenvalue weighted by atomic mass is 32.1. The first-order chi connectivity index (χ1) is 16.7. The molecule has 0 fully saturated rings. The van der Waals surface area contributed by atoms with Crippen molar-refractivity contribution in [1.82, 2.24) is 15.1 Å². The zero-order valence-electron chi connectivity index (χ0n) is 18.9. The minimum absolute atomic E-state index is 0.151. The molecule has 0 radical (unpaired) electrons. The van der Waals surface area contributed by atoms with E-state index in [9.17, 15) is 4.79 Å². The Morgan fingerprint density at radius 3 is 2.38 bits per heavy atom. The van der Waals surface area contributed by atoms with Crippen molar-refractivity contribution in [2.24, 2.45) is 0 Å². The van der Waals surface area contributed by atoms with Crippen LogP contribution in [0.15, 0.2) is 109 Å². The van der Waals surface area contributed by atoms with Crippen molar-refractivity contribution in [2.75, 3.05) is 0 Å². The van der Waals surface area contributed by atoms with Crippen LogP contribution in [0.1, 0.15) is 33.2 Å². The molecule has 0 bridgehead atoms. The van der Waals surface area contributed by atoms with Crippen LogP contribution in [0.4, 0.5) is 0 Å². The van der Waals surface area contributed by atoms with Gasteiger partial charge < -0.3 is 5.32 Å². The molecule has 168 valence electrons. The second kappa shape index (κ2) is 9.89. The summed E-state index contributed by atoms with van der Waals surface area (Å²) >= 11 is 1.61. The fourth-order valence-electron chi connectivity index (χ4n) is 4.06. The Labute approximate surface area is 203 Å². The lowest BCUT2D eigenvalue weighted by molar-refractivity contribution is 0.0928. The molecule has 0 aliphatic heterocycles. The second-order valence-corrected chi connectivity index (χ2v) is 9.22. The van der Waals surface area contributed by atoms with E-state index in [1.807, 2.05) is 91.2 Å². The predicted molar refractivity (Wildman–Crippen MR) is 138 cm³/mol. The molecule has 34 heavy (non-hydrogen) atoms. The van der Waals surface area contributed by atoms with E-state index in [1.165, 1.54) is 5.56 Å². The van der Waals surface area contributed by atoms with Gasteiger partial charge in [-0.25, -0.2) is 4.68 Å². The molecule has 0 aliphatic carbocycles. The highest BCUT2D eigenvalue weighted by molar-refractivity contribution is 7.13. The Balaban J connectivity index is 1.52. The molecular weight excluding hydrogens is 438 g/mol. The predicted octanol–water partition coefficient (Wildman–Crippen LogP) is 6.62. The van der Waals surface area contributed by atoms with Crippen molar-refractivity contribution in [3.63, 3.8) is 0 Å². The zero-order valence-corrected chi connectivity index (χ0v) is 19.7. The summed E-state index contributed by atoms with van der Waals surface area (Å²) in [6.45, 7) is 2.04. The maximum atomic E-state index is 13.7. The molecule has 4 nitrogen and oxygen atoms in total. The fourth-order valence-corrected chi connectivity index (χ4v) is 4.75. The van der Waals surface area contributed by atoms with Crippen LogP contribution >= 0.6 is 11.3 Å². The van der Waals surface area contributed by atoms with Crippen molar-refractivity contribution in [2.45, 2.75) is 19.4 Å². The molecule has 5 heteroatoms. The standard InChI is InChI=1S/C29H25N3OS/c1-21-10-8-15-24(18-21)32-27(20-26(31-32)28-16-9-17-34-28)29(33)30-25(23-13-6-3-7-14-23)19-22-11-4-2-5-12-22/h2-18,20,25H,19H2,1H3,(H,30,33). The molecule has 3 aromatic carbocycles. The van der Waals surface area contributed by atoms with Crippen LogP contribution in [0.25, 0.3) is 16.3 Å². The van der Waals surface area contributed by atoms with Crippen molar-refractivity contribution in [3.05, 3.63) is 131 Å². The molecule has 5 rings (SSSR count). The van der Waals surface area contributed by atoms with Gasteiger partial charge in [0.1, 0.15) is 11.4 Å². The number of aryl methyl sites for hydroxylation is 1. The fraction of sp³-hybridized carbons (Fsp3) is 0.103. The number of carbonyl (C=O) groups excluding carboxylic acids is 1. The van der Waals surface area contributed by atoms with Crippen molar-refractivity contribution in [1.29, 1.82) is 0 Å². The molecule has 1 N–H and O–H groups in total. The normalized spacial score (nSPS) is 11.8. The molecule has 0 aliphatic rings. The summed E-state index contributed by atoms with van der Waals surface area (Å²) in [5.41, 5.74) is 5.53. The summed E-state index contributed by atoms with van der Waals surface area (Å²) < 4.78 is 1.75. The summed E-state index contributed by atoms with van der Waals surface area (Å²) in [6.07, 6.45) is 0.701. The molecule has 2 heterocycles. The lowest BCUT2D eigenvalue weighted by atomic mass is 9.98.